The van der Waals surface area contributed by atoms with E-state index in [9.17, 15) is 0 Å². The van der Waals surface area contributed by atoms with Crippen LogP contribution in [0.25, 0.3) is 0 Å². The Morgan fingerprint density at radius 3 is 3.06 bits per heavy atom. The maximum Gasteiger partial charge on any atom is 0.133 e. The third kappa shape index (κ3) is 2.80. The molecule has 3 nitrogen and oxygen atoms in total. The Morgan fingerprint density at radius 2 is 2.44 bits per heavy atom. The zero-order valence-electron chi connectivity index (χ0n) is 10.2. The van der Waals surface area contributed by atoms with Crippen molar-refractivity contribution in [3.63, 3.8) is 0 Å². The highest BCUT2D eigenvalue weighted by Gasteiger charge is 2.32. The number of rotatable bonds is 3. The molecular weight excluding hydrogens is 220 g/mol. The van der Waals surface area contributed by atoms with Gasteiger partial charge in [0.15, 0.2) is 0 Å². The van der Waals surface area contributed by atoms with E-state index in [1.807, 2.05) is 24.8 Å². The summed E-state index contributed by atoms with van der Waals surface area (Å²) < 4.78 is 5.06. The smallest absolute Gasteiger partial charge is 0.133 e. The van der Waals surface area contributed by atoms with Crippen molar-refractivity contribution in [1.29, 1.82) is 0 Å². The van der Waals surface area contributed by atoms with E-state index in [1.165, 1.54) is 17.9 Å². The highest BCUT2D eigenvalue weighted by Crippen LogP contribution is 2.34. The van der Waals surface area contributed by atoms with Crippen LogP contribution in [0, 0.1) is 12.3 Å². The fourth-order valence-corrected chi connectivity index (χ4v) is 3.64. The van der Waals surface area contributed by atoms with Gasteiger partial charge in [0.05, 0.1) is 5.69 Å². The predicted molar refractivity (Wildman–Crippen MR) is 67.6 cm³/mol. The van der Waals surface area contributed by atoms with Crippen LogP contribution in [-0.4, -0.2) is 22.7 Å². The number of hydrogen-bond acceptors (Lipinski definition) is 4. The van der Waals surface area contributed by atoms with Gasteiger partial charge in [0.25, 0.3) is 0 Å². The largest absolute Gasteiger partial charge is 0.361 e. The topological polar surface area (TPSA) is 38.1 Å². The lowest BCUT2D eigenvalue weighted by molar-refractivity contribution is 0.243. The molecule has 0 amide bonds. The molecule has 0 radical (unpaired) electrons. The standard InChI is InChI=1S/C12H20N2OS/c1-9-6-10(14-15-9)7-13-11-8-16-5-4-12(11,2)3/h6,11,13H,4-5,7-8H2,1-3H3. The molecule has 1 fully saturated rings. The van der Waals surface area contributed by atoms with Gasteiger partial charge < -0.3 is 9.84 Å². The molecule has 90 valence electrons. The average molecular weight is 240 g/mol. The number of nitrogens with zero attached hydrogens (tertiary/aromatic N) is 1. The molecule has 0 aliphatic carbocycles. The monoisotopic (exact) mass is 240 g/mol. The summed E-state index contributed by atoms with van der Waals surface area (Å²) in [6, 6.07) is 2.57. The summed E-state index contributed by atoms with van der Waals surface area (Å²) in [7, 11) is 0. The molecule has 0 bridgehead atoms. The number of nitrogens with one attached hydrogen (secondary N) is 1. The lowest BCUT2D eigenvalue weighted by atomic mass is 9.82. The minimum absolute atomic E-state index is 0.393. The van der Waals surface area contributed by atoms with Crippen molar-refractivity contribution in [2.45, 2.75) is 39.8 Å². The lowest BCUT2D eigenvalue weighted by Gasteiger charge is -2.38. The lowest BCUT2D eigenvalue weighted by Crippen LogP contribution is -2.46. The molecule has 0 aromatic carbocycles. The minimum Gasteiger partial charge on any atom is -0.361 e. The van der Waals surface area contributed by atoms with Crippen LogP contribution in [0.3, 0.4) is 0 Å². The van der Waals surface area contributed by atoms with Gasteiger partial charge in [-0.2, -0.15) is 11.8 Å². The second-order valence-corrected chi connectivity index (χ2v) is 6.33. The van der Waals surface area contributed by atoms with Crippen LogP contribution in [-0.2, 0) is 6.54 Å². The van der Waals surface area contributed by atoms with Crippen molar-refractivity contribution in [2.24, 2.45) is 5.41 Å². The molecule has 1 N–H and O–H groups in total. The van der Waals surface area contributed by atoms with E-state index in [4.69, 9.17) is 4.52 Å². The van der Waals surface area contributed by atoms with Gasteiger partial charge in [0, 0.05) is 24.4 Å². The van der Waals surface area contributed by atoms with E-state index in [-0.39, 0.29) is 0 Å². The molecule has 2 rings (SSSR count). The van der Waals surface area contributed by atoms with Gasteiger partial charge in [-0.25, -0.2) is 0 Å². The van der Waals surface area contributed by atoms with Crippen LogP contribution < -0.4 is 5.32 Å². The summed E-state index contributed by atoms with van der Waals surface area (Å²) >= 11 is 2.04. The summed E-state index contributed by atoms with van der Waals surface area (Å²) in [5.74, 6) is 3.37. The minimum atomic E-state index is 0.393. The van der Waals surface area contributed by atoms with E-state index < -0.39 is 0 Å². The molecule has 0 spiro atoms. The van der Waals surface area contributed by atoms with Crippen molar-refractivity contribution < 1.29 is 4.52 Å². The molecule has 1 atom stereocenters. The first kappa shape index (κ1) is 12.0. The normalized spacial score (nSPS) is 24.6. The van der Waals surface area contributed by atoms with E-state index in [0.29, 0.717) is 11.5 Å². The number of aromatic nitrogens is 1. The van der Waals surface area contributed by atoms with Crippen LogP contribution in [0.2, 0.25) is 0 Å². The molecule has 4 heteroatoms. The van der Waals surface area contributed by atoms with Gasteiger partial charge in [-0.15, -0.1) is 0 Å². The summed E-state index contributed by atoms with van der Waals surface area (Å²) in [6.07, 6.45) is 1.28. The number of hydrogen-bond donors (Lipinski definition) is 1. The van der Waals surface area contributed by atoms with Crippen molar-refractivity contribution in [3.05, 3.63) is 17.5 Å². The first-order valence-electron chi connectivity index (χ1n) is 5.81. The Hall–Kier alpha value is -0.480. The molecule has 1 saturated heterocycles. The number of aryl methyl sites for hydroxylation is 1. The first-order valence-corrected chi connectivity index (χ1v) is 6.97. The van der Waals surface area contributed by atoms with Crippen molar-refractivity contribution in [1.82, 2.24) is 10.5 Å². The summed E-state index contributed by atoms with van der Waals surface area (Å²) in [4.78, 5) is 0. The van der Waals surface area contributed by atoms with Crippen molar-refractivity contribution in [3.8, 4) is 0 Å². The van der Waals surface area contributed by atoms with Gasteiger partial charge in [-0.1, -0.05) is 19.0 Å². The van der Waals surface area contributed by atoms with Crippen molar-refractivity contribution in [2.75, 3.05) is 11.5 Å². The van der Waals surface area contributed by atoms with Gasteiger partial charge in [0.2, 0.25) is 0 Å². The van der Waals surface area contributed by atoms with E-state index in [0.717, 1.165) is 18.0 Å². The summed E-state index contributed by atoms with van der Waals surface area (Å²) in [5, 5.41) is 7.60. The Morgan fingerprint density at radius 1 is 1.62 bits per heavy atom. The van der Waals surface area contributed by atoms with Crippen LogP contribution in [0.15, 0.2) is 10.6 Å². The molecule has 1 unspecified atom stereocenters. The summed E-state index contributed by atoms with van der Waals surface area (Å²) in [5.41, 5.74) is 1.40. The van der Waals surface area contributed by atoms with E-state index >= 15 is 0 Å². The zero-order chi connectivity index (χ0) is 11.6. The van der Waals surface area contributed by atoms with Gasteiger partial charge in [-0.05, 0) is 24.5 Å². The maximum atomic E-state index is 5.06. The molecule has 1 aromatic rings. The molecule has 0 saturated carbocycles. The fourth-order valence-electron chi connectivity index (χ4n) is 2.00. The number of thioether (sulfide) groups is 1. The second kappa shape index (κ2) is 4.80. The zero-order valence-corrected chi connectivity index (χ0v) is 11.1. The highest BCUT2D eigenvalue weighted by molar-refractivity contribution is 7.99. The van der Waals surface area contributed by atoms with Crippen LogP contribution in [0.5, 0.6) is 0 Å². The van der Waals surface area contributed by atoms with Crippen LogP contribution >= 0.6 is 11.8 Å². The Balaban J connectivity index is 1.89. The maximum absolute atomic E-state index is 5.06. The van der Waals surface area contributed by atoms with Gasteiger partial charge in [0.1, 0.15) is 5.76 Å². The Kier molecular flexibility index (Phi) is 3.60. The van der Waals surface area contributed by atoms with E-state index in [1.54, 1.807) is 0 Å². The fraction of sp³-hybridized carbons (Fsp3) is 0.750. The Bertz CT molecular complexity index is 349. The third-order valence-electron chi connectivity index (χ3n) is 3.32. The second-order valence-electron chi connectivity index (χ2n) is 5.18. The average Bonchev–Trinajstić information content (AvgIpc) is 2.62. The molecule has 1 aliphatic rings. The Labute approximate surface area is 101 Å². The quantitative estimate of drug-likeness (QED) is 0.881. The molecule has 1 aromatic heterocycles. The molecular formula is C12H20N2OS. The third-order valence-corrected chi connectivity index (χ3v) is 4.39. The first-order chi connectivity index (χ1) is 7.58. The van der Waals surface area contributed by atoms with Gasteiger partial charge >= 0.3 is 0 Å². The van der Waals surface area contributed by atoms with Crippen LogP contribution in [0.4, 0.5) is 0 Å². The molecule has 16 heavy (non-hydrogen) atoms. The van der Waals surface area contributed by atoms with Gasteiger partial charge in [-0.3, -0.25) is 0 Å². The predicted octanol–water partition coefficient (Wildman–Crippen LogP) is 2.60. The highest BCUT2D eigenvalue weighted by atomic mass is 32.2. The summed E-state index contributed by atoms with van der Waals surface area (Å²) in [6.45, 7) is 7.43. The van der Waals surface area contributed by atoms with Crippen molar-refractivity contribution >= 4 is 11.8 Å². The SMILES string of the molecule is Cc1cc(CNC2CSCCC2(C)C)no1. The van der Waals surface area contributed by atoms with Crippen LogP contribution in [0.1, 0.15) is 31.7 Å². The molecule has 2 heterocycles. The van der Waals surface area contributed by atoms with E-state index in [2.05, 4.69) is 24.3 Å². The molecule has 1 aliphatic heterocycles.